The topological polar surface area (TPSA) is 106 Å². The number of carbonyl (C=O) groups excluding carboxylic acids is 2. The van der Waals surface area contributed by atoms with Gasteiger partial charge in [0.05, 0.1) is 22.6 Å². The van der Waals surface area contributed by atoms with Crippen molar-refractivity contribution in [2.24, 2.45) is 0 Å². The van der Waals surface area contributed by atoms with Crippen molar-refractivity contribution >= 4 is 58.3 Å². The molecule has 0 N–H and O–H groups in total. The third-order valence-corrected chi connectivity index (χ3v) is 12.4. The minimum atomic E-state index is -1.14. The van der Waals surface area contributed by atoms with Gasteiger partial charge in [0.2, 0.25) is 0 Å². The Labute approximate surface area is 489 Å². The van der Waals surface area contributed by atoms with Gasteiger partial charge in [-0.1, -0.05) is 119 Å². The molecule has 8 rings (SSSR count). The van der Waals surface area contributed by atoms with Gasteiger partial charge >= 0.3 is 17.1 Å². The van der Waals surface area contributed by atoms with E-state index in [4.69, 9.17) is 46.4 Å². The zero-order valence-electron chi connectivity index (χ0n) is 47.4. The van der Waals surface area contributed by atoms with E-state index in [0.717, 1.165) is 112 Å². The Morgan fingerprint density at radius 2 is 0.494 bits per heavy atom. The maximum Gasteiger partial charge on any atom is 2.00 e. The van der Waals surface area contributed by atoms with Crippen molar-refractivity contribution < 1.29 is 36.9 Å². The van der Waals surface area contributed by atoms with Crippen LogP contribution in [0.4, 0.5) is 0 Å². The van der Waals surface area contributed by atoms with E-state index >= 15 is 0 Å². The van der Waals surface area contributed by atoms with Crippen LogP contribution in [0.1, 0.15) is 110 Å². The summed E-state index contributed by atoms with van der Waals surface area (Å²) in [7, 11) is 0. The molecule has 2 heterocycles. The van der Waals surface area contributed by atoms with Crippen molar-refractivity contribution in [3.63, 3.8) is 0 Å². The van der Waals surface area contributed by atoms with Crippen molar-refractivity contribution in [2.75, 3.05) is 10.7 Å². The third kappa shape index (κ3) is 19.3. The van der Waals surface area contributed by atoms with Crippen LogP contribution in [0.2, 0.25) is 0 Å². The first-order chi connectivity index (χ1) is 35.8. The molecule has 0 unspecified atom stereocenters. The second kappa shape index (κ2) is 32.2. The van der Waals surface area contributed by atoms with Crippen molar-refractivity contribution in [3.05, 3.63) is 222 Å². The van der Waals surface area contributed by atoms with Crippen LogP contribution in [0.15, 0.2) is 121 Å². The van der Waals surface area contributed by atoms with Crippen LogP contribution in [0.25, 0.3) is 44.5 Å². The van der Waals surface area contributed by atoms with Gasteiger partial charge in [-0.2, -0.15) is 0 Å². The standard InChI is InChI=1S/2C25H26O2.2C7H9N.2CH2Cl2.Fe/c2*1-14-10-16(3)22(17(4)11-14)20-8-7-9-21(24(20)25(26)27)23-18(5)12-15(2)13-19(23)6;2*1-6-4-3-5-7(2)8-6;2*2-1-3;/h2*7-13H,1-6H3,(H,26,27);2*3-5H,1-2H3;2*1H2;/q;;;;;;+2/p-2. The quantitative estimate of drug-likeness (QED) is 0.121. The number of aromatic carboxylic acids is 2. The summed E-state index contributed by atoms with van der Waals surface area (Å²) in [5.74, 6) is -2.28. The molecule has 0 spiro atoms. The number of nitrogens with zero attached hydrogens (tertiary/aromatic N) is 2. The van der Waals surface area contributed by atoms with E-state index in [1.807, 2.05) is 156 Å². The summed E-state index contributed by atoms with van der Waals surface area (Å²) in [6, 6.07) is 40.2. The number of aromatic nitrogens is 2. The summed E-state index contributed by atoms with van der Waals surface area (Å²) in [5.41, 5.74) is 25.0. The Kier molecular flexibility index (Phi) is 28.2. The van der Waals surface area contributed by atoms with E-state index in [0.29, 0.717) is 0 Å². The van der Waals surface area contributed by atoms with Gasteiger partial charge < -0.3 is 19.8 Å². The van der Waals surface area contributed by atoms with Gasteiger partial charge in [0.1, 0.15) is 0 Å². The van der Waals surface area contributed by atoms with Gasteiger partial charge in [0.15, 0.2) is 0 Å². The second-order valence-electron chi connectivity index (χ2n) is 19.2. The first-order valence-corrected chi connectivity index (χ1v) is 27.0. The fraction of sp³-hybridized carbons (Fsp3) is 0.273. The van der Waals surface area contributed by atoms with Crippen molar-refractivity contribution in [3.8, 4) is 44.5 Å². The average Bonchev–Trinajstić information content (AvgIpc) is 3.29. The number of aryl methyl sites for hydroxylation is 16. The number of hydrogen-bond acceptors (Lipinski definition) is 6. The Balaban J connectivity index is 0.000000376. The molecular weight excluding hydrogens is 1080 g/mol. The number of carboxylic acid groups (broad SMARTS) is 2. The van der Waals surface area contributed by atoms with Gasteiger partial charge in [0.25, 0.3) is 0 Å². The molecule has 2 aromatic heterocycles. The van der Waals surface area contributed by atoms with Crippen LogP contribution in [0.3, 0.4) is 0 Å². The number of pyridine rings is 2. The van der Waals surface area contributed by atoms with Gasteiger partial charge in [-0.25, -0.2) is 0 Å². The molecule has 406 valence electrons. The summed E-state index contributed by atoms with van der Waals surface area (Å²) in [6.07, 6.45) is 0. The number of hydrogen-bond donors (Lipinski definition) is 0. The van der Waals surface area contributed by atoms with Gasteiger partial charge in [-0.05, 0) is 224 Å². The molecule has 0 saturated heterocycles. The van der Waals surface area contributed by atoms with Gasteiger partial charge in [-0.3, -0.25) is 9.97 Å². The van der Waals surface area contributed by atoms with E-state index in [1.54, 1.807) is 0 Å². The smallest absolute Gasteiger partial charge is 0.545 e. The van der Waals surface area contributed by atoms with Crippen LogP contribution in [0.5, 0.6) is 0 Å². The number of benzene rings is 6. The molecular formula is C66H72Cl4FeN2O4. The molecule has 6 aromatic carbocycles. The zero-order valence-corrected chi connectivity index (χ0v) is 51.5. The average molecular weight is 1150 g/mol. The monoisotopic (exact) mass is 1150 g/mol. The van der Waals surface area contributed by atoms with Gasteiger partial charge in [0, 0.05) is 33.9 Å². The normalized spacial score (nSPS) is 10.0. The number of alkyl halides is 4. The fourth-order valence-electron chi connectivity index (χ4n) is 10.2. The Hall–Kier alpha value is -5.76. The molecule has 0 aliphatic rings. The molecule has 0 atom stereocenters. The molecule has 0 saturated carbocycles. The SMILES string of the molecule is Cc1cc(C)c(-c2cccc(-c3c(C)cc(C)cc3C)c2C(=O)[O-])c(C)c1.Cc1cc(C)c(-c2cccc(-c3c(C)cc(C)cc3C)c2C(=O)[O-])c(C)c1.Cc1cccc(C)n1.Cc1cccc(C)n1.ClCCl.ClCCl.[Fe+2]. The maximum atomic E-state index is 12.3. The van der Waals surface area contributed by atoms with E-state index in [9.17, 15) is 19.8 Å². The first kappa shape index (κ1) is 67.3. The Morgan fingerprint density at radius 3 is 0.623 bits per heavy atom. The molecule has 0 aliphatic carbocycles. The van der Waals surface area contributed by atoms with Crippen LogP contribution in [-0.2, 0) is 17.1 Å². The van der Waals surface area contributed by atoms with E-state index in [-0.39, 0.29) is 38.9 Å². The second-order valence-corrected chi connectivity index (χ2v) is 20.8. The molecule has 8 aromatic rings. The largest absolute Gasteiger partial charge is 2.00 e. The number of carbonyl (C=O) groups is 2. The van der Waals surface area contributed by atoms with Crippen molar-refractivity contribution in [1.29, 1.82) is 0 Å². The van der Waals surface area contributed by atoms with E-state index in [2.05, 4.69) is 86.2 Å². The summed E-state index contributed by atoms with van der Waals surface area (Å²) in [6.45, 7) is 32.4. The third-order valence-electron chi connectivity index (χ3n) is 12.4. The van der Waals surface area contributed by atoms with Crippen LogP contribution < -0.4 is 10.2 Å². The number of carboxylic acids is 2. The van der Waals surface area contributed by atoms with E-state index in [1.165, 1.54) is 22.3 Å². The maximum absolute atomic E-state index is 12.3. The molecule has 0 bridgehead atoms. The van der Waals surface area contributed by atoms with Crippen LogP contribution in [-0.4, -0.2) is 32.6 Å². The summed E-state index contributed by atoms with van der Waals surface area (Å²) < 4.78 is 0. The van der Waals surface area contributed by atoms with E-state index < -0.39 is 11.9 Å². The fourth-order valence-corrected chi connectivity index (χ4v) is 10.2. The molecule has 0 amide bonds. The van der Waals surface area contributed by atoms with Crippen molar-refractivity contribution in [2.45, 2.75) is 111 Å². The molecule has 6 nitrogen and oxygen atoms in total. The van der Waals surface area contributed by atoms with Gasteiger partial charge in [-0.15, -0.1) is 46.4 Å². The zero-order chi connectivity index (χ0) is 57.1. The summed E-state index contributed by atoms with van der Waals surface area (Å²) in [5, 5.41) is 24.9. The summed E-state index contributed by atoms with van der Waals surface area (Å²) in [4.78, 5) is 32.9. The minimum absolute atomic E-state index is 0. The molecule has 0 radical (unpaired) electrons. The molecule has 0 fully saturated rings. The molecule has 11 heteroatoms. The van der Waals surface area contributed by atoms with Crippen LogP contribution in [0, 0.1) is 111 Å². The van der Waals surface area contributed by atoms with Crippen LogP contribution >= 0.6 is 46.4 Å². The minimum Gasteiger partial charge on any atom is -0.545 e. The Morgan fingerprint density at radius 1 is 0.338 bits per heavy atom. The van der Waals surface area contributed by atoms with Crippen molar-refractivity contribution in [1.82, 2.24) is 9.97 Å². The molecule has 0 aliphatic heterocycles. The number of rotatable bonds is 6. The Bertz CT molecular complexity index is 2800. The number of halogens is 4. The predicted molar refractivity (Wildman–Crippen MR) is 321 cm³/mol. The predicted octanol–water partition coefficient (Wildman–Crippen LogP) is 16.7. The molecule has 77 heavy (non-hydrogen) atoms. The first-order valence-electron chi connectivity index (χ1n) is 24.9. The summed E-state index contributed by atoms with van der Waals surface area (Å²) >= 11 is 19.1.